The standard InChI is InChI=1S/C19H20N2O/c22-18(20-16-7-2-1-3-8-16)19-10-12-21(13-11-19)14-15-6-4-5-9-17(15)19/h1-9H,10-14H2,(H,20,22)/p+1. The maximum absolute atomic E-state index is 13.1. The van der Waals surface area contributed by atoms with Crippen LogP contribution in [-0.4, -0.2) is 19.0 Å². The van der Waals surface area contributed by atoms with Gasteiger partial charge in [0.25, 0.3) is 0 Å². The molecular formula is C19H21N2O+. The van der Waals surface area contributed by atoms with Crippen LogP contribution >= 0.6 is 0 Å². The zero-order valence-electron chi connectivity index (χ0n) is 12.6. The number of amides is 1. The van der Waals surface area contributed by atoms with Crippen molar-refractivity contribution >= 4 is 11.6 Å². The molecule has 5 rings (SSSR count). The van der Waals surface area contributed by atoms with Crippen LogP contribution in [0.15, 0.2) is 54.6 Å². The molecule has 2 aromatic carbocycles. The van der Waals surface area contributed by atoms with Gasteiger partial charge in [-0.3, -0.25) is 4.79 Å². The Hall–Kier alpha value is -2.13. The lowest BCUT2D eigenvalue weighted by Gasteiger charge is -2.35. The number of fused-ring (bicyclic) bond motifs is 2. The lowest BCUT2D eigenvalue weighted by atomic mass is 9.72. The summed E-state index contributed by atoms with van der Waals surface area (Å²) in [6, 6.07) is 18.3. The van der Waals surface area contributed by atoms with Gasteiger partial charge in [0.1, 0.15) is 6.54 Å². The fraction of sp³-hybridized carbons (Fsp3) is 0.316. The average molecular weight is 293 g/mol. The van der Waals surface area contributed by atoms with Crippen molar-refractivity contribution in [1.82, 2.24) is 0 Å². The molecule has 0 spiro atoms. The minimum atomic E-state index is -0.355. The van der Waals surface area contributed by atoms with Crippen LogP contribution < -0.4 is 10.2 Å². The number of rotatable bonds is 2. The Bertz CT molecular complexity index is 688. The minimum absolute atomic E-state index is 0.159. The van der Waals surface area contributed by atoms with Crippen LogP contribution in [0.2, 0.25) is 0 Å². The molecule has 0 atom stereocenters. The Balaban J connectivity index is 1.73. The number of anilines is 1. The molecule has 2 aromatic rings. The van der Waals surface area contributed by atoms with Crippen molar-refractivity contribution in [2.45, 2.75) is 24.8 Å². The van der Waals surface area contributed by atoms with Gasteiger partial charge in [0, 0.05) is 24.1 Å². The molecule has 22 heavy (non-hydrogen) atoms. The largest absolute Gasteiger partial charge is 0.331 e. The summed E-state index contributed by atoms with van der Waals surface area (Å²) >= 11 is 0. The van der Waals surface area contributed by atoms with E-state index in [9.17, 15) is 4.79 Å². The molecule has 3 heterocycles. The monoisotopic (exact) mass is 293 g/mol. The SMILES string of the molecule is O=C(Nc1ccccc1)C12CC[NH+](CC1)Cc1ccccc12. The second-order valence-electron chi connectivity index (χ2n) is 6.49. The first-order valence-electron chi connectivity index (χ1n) is 8.06. The Morgan fingerprint density at radius 1 is 0.955 bits per heavy atom. The van der Waals surface area contributed by atoms with E-state index >= 15 is 0 Å². The highest BCUT2D eigenvalue weighted by Crippen LogP contribution is 2.37. The molecule has 1 saturated heterocycles. The predicted octanol–water partition coefficient (Wildman–Crippen LogP) is 1.76. The molecule has 0 aromatic heterocycles. The molecule has 3 nitrogen and oxygen atoms in total. The van der Waals surface area contributed by atoms with Gasteiger partial charge in [0.15, 0.2) is 0 Å². The van der Waals surface area contributed by atoms with Crippen molar-refractivity contribution in [2.75, 3.05) is 18.4 Å². The van der Waals surface area contributed by atoms with Crippen molar-refractivity contribution in [2.24, 2.45) is 0 Å². The lowest BCUT2D eigenvalue weighted by Crippen LogP contribution is -3.11. The van der Waals surface area contributed by atoms with E-state index in [0.717, 1.165) is 38.2 Å². The van der Waals surface area contributed by atoms with Crippen LogP contribution in [-0.2, 0) is 16.8 Å². The molecule has 0 radical (unpaired) electrons. The van der Waals surface area contributed by atoms with Crippen molar-refractivity contribution in [3.05, 3.63) is 65.7 Å². The first-order valence-corrected chi connectivity index (χ1v) is 8.06. The maximum atomic E-state index is 13.1. The number of piperidine rings is 1. The average Bonchev–Trinajstić information content (AvgIpc) is 2.83. The number of carbonyl (C=O) groups is 1. The van der Waals surface area contributed by atoms with Crippen molar-refractivity contribution < 1.29 is 9.69 Å². The molecular weight excluding hydrogens is 272 g/mol. The predicted molar refractivity (Wildman–Crippen MR) is 86.8 cm³/mol. The minimum Gasteiger partial charge on any atom is -0.331 e. The summed E-state index contributed by atoms with van der Waals surface area (Å²) < 4.78 is 0. The van der Waals surface area contributed by atoms with Crippen molar-refractivity contribution in [3.63, 3.8) is 0 Å². The van der Waals surface area contributed by atoms with E-state index in [2.05, 4.69) is 29.6 Å². The summed E-state index contributed by atoms with van der Waals surface area (Å²) in [5.74, 6) is 0.159. The second-order valence-corrected chi connectivity index (χ2v) is 6.49. The van der Waals surface area contributed by atoms with Gasteiger partial charge in [-0.25, -0.2) is 0 Å². The van der Waals surface area contributed by atoms with Crippen molar-refractivity contribution in [1.29, 1.82) is 0 Å². The molecule has 112 valence electrons. The van der Waals surface area contributed by atoms with Gasteiger partial charge in [-0.2, -0.15) is 0 Å². The van der Waals surface area contributed by atoms with Gasteiger partial charge in [0.2, 0.25) is 5.91 Å². The van der Waals surface area contributed by atoms with Gasteiger partial charge in [-0.1, -0.05) is 42.5 Å². The van der Waals surface area contributed by atoms with E-state index in [0.29, 0.717) is 0 Å². The van der Waals surface area contributed by atoms with Crippen LogP contribution in [0.4, 0.5) is 5.69 Å². The molecule has 0 unspecified atom stereocenters. The van der Waals surface area contributed by atoms with Crippen LogP contribution in [0.25, 0.3) is 0 Å². The Labute approximate surface area is 131 Å². The number of benzene rings is 2. The number of para-hydroxylation sites is 1. The fourth-order valence-corrected chi connectivity index (χ4v) is 4.01. The van der Waals surface area contributed by atoms with Crippen LogP contribution in [0.5, 0.6) is 0 Å². The third kappa shape index (κ3) is 2.13. The molecule has 0 aliphatic carbocycles. The van der Waals surface area contributed by atoms with E-state index in [1.165, 1.54) is 11.1 Å². The summed E-state index contributed by atoms with van der Waals surface area (Å²) in [6.45, 7) is 3.21. The van der Waals surface area contributed by atoms with Crippen LogP contribution in [0, 0.1) is 0 Å². The molecule has 3 aliphatic rings. The fourth-order valence-electron chi connectivity index (χ4n) is 4.01. The van der Waals surface area contributed by atoms with Gasteiger partial charge in [0.05, 0.1) is 18.5 Å². The number of quaternary nitrogens is 1. The molecule has 2 N–H and O–H groups in total. The Kier molecular flexibility index (Phi) is 3.23. The normalized spacial score (nSPS) is 26.1. The molecule has 3 heteroatoms. The Morgan fingerprint density at radius 2 is 1.64 bits per heavy atom. The molecule has 1 fully saturated rings. The molecule has 0 saturated carbocycles. The van der Waals surface area contributed by atoms with E-state index in [4.69, 9.17) is 0 Å². The van der Waals surface area contributed by atoms with E-state index in [-0.39, 0.29) is 11.3 Å². The number of hydrogen-bond donors (Lipinski definition) is 2. The highest BCUT2D eigenvalue weighted by Gasteiger charge is 2.48. The summed E-state index contributed by atoms with van der Waals surface area (Å²) in [4.78, 5) is 14.7. The third-order valence-corrected chi connectivity index (χ3v) is 5.25. The summed E-state index contributed by atoms with van der Waals surface area (Å²) in [7, 11) is 0. The lowest BCUT2D eigenvalue weighted by molar-refractivity contribution is -0.918. The molecule has 2 bridgehead atoms. The highest BCUT2D eigenvalue weighted by molar-refractivity contribution is 5.99. The quantitative estimate of drug-likeness (QED) is 0.869. The highest BCUT2D eigenvalue weighted by atomic mass is 16.2. The second kappa shape index (κ2) is 5.25. The number of carbonyl (C=O) groups excluding carboxylic acids is 1. The smallest absolute Gasteiger partial charge is 0.235 e. The van der Waals surface area contributed by atoms with Crippen molar-refractivity contribution in [3.8, 4) is 0 Å². The number of nitrogens with one attached hydrogen (secondary N) is 2. The first-order chi connectivity index (χ1) is 10.8. The summed E-state index contributed by atoms with van der Waals surface area (Å²) in [6.07, 6.45) is 1.88. The third-order valence-electron chi connectivity index (χ3n) is 5.25. The zero-order valence-corrected chi connectivity index (χ0v) is 12.6. The molecule has 1 amide bonds. The topological polar surface area (TPSA) is 33.5 Å². The summed E-state index contributed by atoms with van der Waals surface area (Å²) in [5.41, 5.74) is 3.12. The zero-order chi connectivity index (χ0) is 15.0. The summed E-state index contributed by atoms with van der Waals surface area (Å²) in [5, 5.41) is 3.15. The van der Waals surface area contributed by atoms with E-state index in [1.807, 2.05) is 30.3 Å². The van der Waals surface area contributed by atoms with Gasteiger partial charge < -0.3 is 10.2 Å². The number of hydrogen-bond acceptors (Lipinski definition) is 1. The maximum Gasteiger partial charge on any atom is 0.235 e. The Morgan fingerprint density at radius 3 is 2.41 bits per heavy atom. The van der Waals surface area contributed by atoms with Crippen LogP contribution in [0.3, 0.4) is 0 Å². The molecule has 3 aliphatic heterocycles. The van der Waals surface area contributed by atoms with Crippen LogP contribution in [0.1, 0.15) is 24.0 Å². The van der Waals surface area contributed by atoms with Gasteiger partial charge >= 0.3 is 0 Å². The van der Waals surface area contributed by atoms with Gasteiger partial charge in [-0.05, 0) is 17.7 Å². The first kappa shape index (κ1) is 13.5. The van der Waals surface area contributed by atoms with E-state index < -0.39 is 0 Å². The van der Waals surface area contributed by atoms with E-state index in [1.54, 1.807) is 4.90 Å². The van der Waals surface area contributed by atoms with Gasteiger partial charge in [-0.15, -0.1) is 0 Å².